The molecule has 11 nitrogen and oxygen atoms in total. The average Bonchev–Trinajstić information content (AvgIpc) is 3.55. The van der Waals surface area contributed by atoms with Gasteiger partial charge in [-0.05, 0) is 45.2 Å². The first-order chi connectivity index (χ1) is 22.2. The number of ether oxygens (including phenoxy) is 1. The molecule has 0 spiro atoms. The molecule has 1 saturated heterocycles. The molecule has 12 heteroatoms. The second-order valence-electron chi connectivity index (χ2n) is 13.0. The second-order valence-corrected chi connectivity index (χ2v) is 13.8. The Morgan fingerprint density at radius 3 is 2.34 bits per heavy atom. The van der Waals surface area contributed by atoms with E-state index >= 15 is 0 Å². The predicted molar refractivity (Wildman–Crippen MR) is 182 cm³/mol. The summed E-state index contributed by atoms with van der Waals surface area (Å²) in [6, 6.07) is 6.58. The first-order valence-electron chi connectivity index (χ1n) is 16.5. The Bertz CT molecular complexity index is 1380. The smallest absolute Gasteiger partial charge is 0.303 e. The van der Waals surface area contributed by atoms with E-state index in [-0.39, 0.29) is 53.6 Å². The molecule has 2 N–H and O–H groups in total. The number of likely N-dealkylation sites (tertiary alicyclic amines) is 1. The van der Waals surface area contributed by atoms with E-state index in [0.717, 1.165) is 25.8 Å². The minimum Gasteiger partial charge on any atom is -0.455 e. The highest BCUT2D eigenvalue weighted by atomic mass is 32.1. The quantitative estimate of drug-likeness (QED) is 0.207. The van der Waals surface area contributed by atoms with Gasteiger partial charge < -0.3 is 20.3 Å². The molecule has 6 atom stereocenters. The number of hydrogen-bond acceptors (Lipinski definition) is 9. The van der Waals surface area contributed by atoms with Gasteiger partial charge >= 0.3 is 5.97 Å². The minimum atomic E-state index is -0.822. The van der Waals surface area contributed by atoms with E-state index in [4.69, 9.17) is 4.74 Å². The minimum absolute atomic E-state index is 0.0349. The highest BCUT2D eigenvalue weighted by molar-refractivity contribution is 7.09. The van der Waals surface area contributed by atoms with Crippen molar-refractivity contribution in [2.75, 3.05) is 20.6 Å². The van der Waals surface area contributed by atoms with E-state index in [1.165, 1.54) is 18.3 Å². The molecule has 47 heavy (non-hydrogen) atoms. The third kappa shape index (κ3) is 10.2. The molecule has 258 valence electrons. The van der Waals surface area contributed by atoms with Crippen molar-refractivity contribution in [1.82, 2.24) is 25.4 Å². The number of thiazole rings is 1. The fourth-order valence-electron chi connectivity index (χ4n) is 5.95. The van der Waals surface area contributed by atoms with E-state index in [1.807, 2.05) is 45.7 Å². The fourth-order valence-corrected chi connectivity index (χ4v) is 6.79. The molecule has 1 aromatic heterocycles. The molecule has 3 rings (SSSR count). The zero-order chi connectivity index (χ0) is 34.8. The van der Waals surface area contributed by atoms with Crippen LogP contribution in [0.3, 0.4) is 0 Å². The van der Waals surface area contributed by atoms with Crippen molar-refractivity contribution in [1.29, 1.82) is 0 Å². The molecule has 5 unspecified atom stereocenters. The number of piperidine rings is 1. The predicted octanol–water partition coefficient (Wildman–Crippen LogP) is 4.64. The number of likely N-dealkylation sites (N-methyl/N-ethyl adjacent to an activating group) is 2. The summed E-state index contributed by atoms with van der Waals surface area (Å²) in [5.74, 6) is -1.74. The van der Waals surface area contributed by atoms with E-state index in [2.05, 4.69) is 15.6 Å². The number of amides is 3. The zero-order valence-corrected chi connectivity index (χ0v) is 29.8. The summed E-state index contributed by atoms with van der Waals surface area (Å²) < 4.78 is 5.71. The number of Topliss-reactive ketones (excluding diaryl/α,β-unsaturated/α-hetero) is 1. The van der Waals surface area contributed by atoms with Gasteiger partial charge in [0.1, 0.15) is 16.7 Å². The number of ketones is 1. The van der Waals surface area contributed by atoms with Gasteiger partial charge in [0.25, 0.3) is 5.91 Å². The summed E-state index contributed by atoms with van der Waals surface area (Å²) in [4.78, 5) is 73.7. The Kier molecular flexibility index (Phi) is 14.1. The zero-order valence-electron chi connectivity index (χ0n) is 28.9. The maximum absolute atomic E-state index is 14.1. The Morgan fingerprint density at radius 1 is 1.06 bits per heavy atom. The summed E-state index contributed by atoms with van der Waals surface area (Å²) in [6.07, 6.45) is 2.90. The van der Waals surface area contributed by atoms with Crippen LogP contribution in [0.5, 0.6) is 0 Å². The number of nitrogens with zero attached hydrogens (tertiary/aromatic N) is 3. The Balaban J connectivity index is 1.78. The molecule has 0 saturated carbocycles. The van der Waals surface area contributed by atoms with Crippen molar-refractivity contribution < 1.29 is 28.7 Å². The highest BCUT2D eigenvalue weighted by Gasteiger charge is 2.37. The van der Waals surface area contributed by atoms with Crippen molar-refractivity contribution in [2.24, 2.45) is 11.8 Å². The van der Waals surface area contributed by atoms with Gasteiger partial charge in [0.05, 0.1) is 12.1 Å². The van der Waals surface area contributed by atoms with Crippen LogP contribution < -0.4 is 10.6 Å². The van der Waals surface area contributed by atoms with Crippen molar-refractivity contribution in [2.45, 2.75) is 104 Å². The number of nitrogens with one attached hydrogen (secondary N) is 2. The van der Waals surface area contributed by atoms with Crippen LogP contribution in [0.1, 0.15) is 106 Å². The van der Waals surface area contributed by atoms with Gasteiger partial charge in [-0.2, -0.15) is 0 Å². The number of aromatic nitrogens is 1. The highest BCUT2D eigenvalue weighted by Crippen LogP contribution is 2.31. The number of esters is 1. The molecule has 0 aliphatic carbocycles. The van der Waals surface area contributed by atoms with E-state index in [1.54, 1.807) is 48.5 Å². The number of benzene rings is 1. The van der Waals surface area contributed by atoms with Crippen molar-refractivity contribution in [3.63, 3.8) is 0 Å². The van der Waals surface area contributed by atoms with Crippen LogP contribution in [-0.2, 0) is 19.1 Å². The van der Waals surface area contributed by atoms with Crippen LogP contribution >= 0.6 is 11.3 Å². The van der Waals surface area contributed by atoms with E-state index < -0.39 is 30.1 Å². The number of carbonyl (C=O) groups is 5. The van der Waals surface area contributed by atoms with E-state index in [0.29, 0.717) is 17.0 Å². The molecule has 3 amide bonds. The van der Waals surface area contributed by atoms with Gasteiger partial charge in [-0.15, -0.1) is 11.3 Å². The standard InChI is InChI=1S/C35H51N5O6S/c1-9-22(4)30(38-33(44)27-17-13-14-18-39(27)7)35(45)40(8)28(21(2)3)19-29(46-24(6)41)34-37-26(20-47-34)32(43)36-23(5)31(42)25-15-11-10-12-16-25/h10-12,15-16,20-23,27-30H,9,13-14,17-19H2,1-8H3,(H,36,43)(H,38,44)/t22?,23?,27-,28?,29?,30?/m1/s1. The van der Waals surface area contributed by atoms with Gasteiger partial charge in [-0.1, -0.05) is 70.9 Å². The first kappa shape index (κ1) is 37.8. The molecule has 0 bridgehead atoms. The topological polar surface area (TPSA) is 138 Å². The molecular weight excluding hydrogens is 618 g/mol. The van der Waals surface area contributed by atoms with Crippen LogP contribution in [-0.4, -0.2) is 89.1 Å². The average molecular weight is 670 g/mol. The van der Waals surface area contributed by atoms with Gasteiger partial charge in [-0.25, -0.2) is 4.98 Å². The largest absolute Gasteiger partial charge is 0.455 e. The van der Waals surface area contributed by atoms with E-state index in [9.17, 15) is 24.0 Å². The van der Waals surface area contributed by atoms with Crippen molar-refractivity contribution in [3.05, 3.63) is 52.0 Å². The number of carbonyl (C=O) groups excluding carboxylic acids is 5. The lowest BCUT2D eigenvalue weighted by Crippen LogP contribution is -2.58. The maximum atomic E-state index is 14.1. The van der Waals surface area contributed by atoms with Gasteiger partial charge in [-0.3, -0.25) is 28.9 Å². The summed E-state index contributed by atoms with van der Waals surface area (Å²) in [5, 5.41) is 7.76. The molecule has 0 radical (unpaired) electrons. The molecule has 2 aromatic rings. The van der Waals surface area contributed by atoms with Gasteiger partial charge in [0.2, 0.25) is 11.8 Å². The van der Waals surface area contributed by atoms with Gasteiger partial charge in [0, 0.05) is 37.4 Å². The first-order valence-corrected chi connectivity index (χ1v) is 17.4. The van der Waals surface area contributed by atoms with Crippen molar-refractivity contribution >= 4 is 40.8 Å². The molecule has 1 aliphatic rings. The van der Waals surface area contributed by atoms with Crippen LogP contribution in [0.2, 0.25) is 0 Å². The van der Waals surface area contributed by atoms with Crippen LogP contribution in [0.4, 0.5) is 0 Å². The lowest BCUT2D eigenvalue weighted by atomic mass is 9.92. The molecular formula is C35H51N5O6S. The fraction of sp³-hybridized carbons (Fsp3) is 0.600. The molecule has 1 fully saturated rings. The molecule has 1 aromatic carbocycles. The SMILES string of the molecule is CCC(C)C(NC(=O)[C@H]1CCCCN1C)C(=O)N(C)C(CC(OC(C)=O)c1nc(C(=O)NC(C)C(=O)c2ccccc2)cs1)C(C)C. The van der Waals surface area contributed by atoms with Crippen LogP contribution in [0.25, 0.3) is 0 Å². The Labute approximate surface area is 282 Å². The Morgan fingerprint density at radius 2 is 1.74 bits per heavy atom. The summed E-state index contributed by atoms with van der Waals surface area (Å²) in [7, 11) is 3.66. The second kappa shape index (κ2) is 17.5. The van der Waals surface area contributed by atoms with Crippen LogP contribution in [0, 0.1) is 11.8 Å². The van der Waals surface area contributed by atoms with Gasteiger partial charge in [0.15, 0.2) is 11.9 Å². The summed E-state index contributed by atoms with van der Waals surface area (Å²) in [5.41, 5.74) is 0.594. The normalized spacial score (nSPS) is 18.4. The van der Waals surface area contributed by atoms with Crippen molar-refractivity contribution in [3.8, 4) is 0 Å². The maximum Gasteiger partial charge on any atom is 0.303 e. The lowest BCUT2D eigenvalue weighted by molar-refractivity contribution is -0.149. The summed E-state index contributed by atoms with van der Waals surface area (Å²) in [6.45, 7) is 11.7. The molecule has 2 heterocycles. The van der Waals surface area contributed by atoms with Crippen LogP contribution in [0.15, 0.2) is 35.7 Å². The number of hydrogen-bond donors (Lipinski definition) is 2. The monoisotopic (exact) mass is 669 g/mol. The summed E-state index contributed by atoms with van der Waals surface area (Å²) >= 11 is 1.17. The third-order valence-electron chi connectivity index (χ3n) is 9.06. The molecule has 1 aliphatic heterocycles. The number of rotatable bonds is 15. The third-order valence-corrected chi connectivity index (χ3v) is 9.99. The lowest BCUT2D eigenvalue weighted by Gasteiger charge is -2.38. The Hall–Kier alpha value is -3.64.